The normalized spacial score (nSPS) is 9.94. The molecule has 6 heteroatoms. The zero-order valence-electron chi connectivity index (χ0n) is 8.50. The van der Waals surface area contributed by atoms with E-state index < -0.39 is 17.4 Å². The first-order valence-electron chi connectivity index (χ1n) is 4.71. The van der Waals surface area contributed by atoms with Gasteiger partial charge in [-0.1, -0.05) is 6.07 Å². The Morgan fingerprint density at radius 3 is 2.56 bits per heavy atom. The minimum absolute atomic E-state index is 0.0469. The maximum atomic E-state index is 13.0. The highest BCUT2D eigenvalue weighted by Gasteiger charge is 2.09. The SMILES string of the molecule is NNC(=O)CCCOc1c(F)cccc1F. The van der Waals surface area contributed by atoms with E-state index in [0.29, 0.717) is 6.42 Å². The molecule has 3 N–H and O–H groups in total. The van der Waals surface area contributed by atoms with Gasteiger partial charge < -0.3 is 4.74 Å². The maximum absolute atomic E-state index is 13.0. The fourth-order valence-electron chi connectivity index (χ4n) is 1.10. The van der Waals surface area contributed by atoms with Crippen LogP contribution in [0.2, 0.25) is 0 Å². The number of benzene rings is 1. The lowest BCUT2D eigenvalue weighted by Crippen LogP contribution is -2.30. The van der Waals surface area contributed by atoms with Crippen LogP contribution in [0.4, 0.5) is 8.78 Å². The van der Waals surface area contributed by atoms with Gasteiger partial charge >= 0.3 is 0 Å². The summed E-state index contributed by atoms with van der Waals surface area (Å²) in [7, 11) is 0. The Morgan fingerprint density at radius 1 is 1.38 bits per heavy atom. The second-order valence-electron chi connectivity index (χ2n) is 3.07. The summed E-state index contributed by atoms with van der Waals surface area (Å²) in [6.07, 6.45) is 0.476. The van der Waals surface area contributed by atoms with Crippen LogP contribution in [-0.2, 0) is 4.79 Å². The van der Waals surface area contributed by atoms with Gasteiger partial charge in [0.05, 0.1) is 6.61 Å². The van der Waals surface area contributed by atoms with Crippen molar-refractivity contribution in [1.82, 2.24) is 5.43 Å². The number of carbonyl (C=O) groups excluding carboxylic acids is 1. The first-order chi connectivity index (χ1) is 7.65. The lowest BCUT2D eigenvalue weighted by Gasteiger charge is -2.07. The van der Waals surface area contributed by atoms with Gasteiger partial charge in [-0.15, -0.1) is 0 Å². The number of ether oxygens (including phenoxy) is 1. The molecule has 0 saturated carbocycles. The van der Waals surface area contributed by atoms with Crippen molar-refractivity contribution in [2.45, 2.75) is 12.8 Å². The van der Waals surface area contributed by atoms with Crippen molar-refractivity contribution < 1.29 is 18.3 Å². The lowest BCUT2D eigenvalue weighted by atomic mass is 10.3. The summed E-state index contributed by atoms with van der Waals surface area (Å²) in [4.78, 5) is 10.7. The predicted molar refractivity (Wildman–Crippen MR) is 53.4 cm³/mol. The van der Waals surface area contributed by atoms with E-state index in [-0.39, 0.29) is 18.9 Å². The van der Waals surface area contributed by atoms with Crippen LogP contribution in [0, 0.1) is 11.6 Å². The summed E-state index contributed by atoms with van der Waals surface area (Å²) in [6.45, 7) is 0.0469. The largest absolute Gasteiger partial charge is 0.488 e. The van der Waals surface area contributed by atoms with E-state index in [1.165, 1.54) is 6.07 Å². The molecule has 0 radical (unpaired) electrons. The average molecular weight is 230 g/mol. The molecule has 1 aromatic carbocycles. The Labute approximate surface area is 91.4 Å². The number of rotatable bonds is 5. The fraction of sp³-hybridized carbons (Fsp3) is 0.300. The average Bonchev–Trinajstić information content (AvgIpc) is 2.27. The van der Waals surface area contributed by atoms with Crippen molar-refractivity contribution in [3.05, 3.63) is 29.8 Å². The first-order valence-corrected chi connectivity index (χ1v) is 4.71. The Morgan fingerprint density at radius 2 is 2.00 bits per heavy atom. The zero-order valence-corrected chi connectivity index (χ0v) is 8.50. The number of halogens is 2. The first kappa shape index (κ1) is 12.4. The number of hydrazine groups is 1. The minimum Gasteiger partial charge on any atom is -0.488 e. The number of hydrogen-bond donors (Lipinski definition) is 2. The third kappa shape index (κ3) is 3.47. The number of amides is 1. The van der Waals surface area contributed by atoms with Gasteiger partial charge in [0, 0.05) is 6.42 Å². The topological polar surface area (TPSA) is 64.3 Å². The van der Waals surface area contributed by atoms with Crippen molar-refractivity contribution in [1.29, 1.82) is 0 Å². The van der Waals surface area contributed by atoms with Crippen molar-refractivity contribution in [3.63, 3.8) is 0 Å². The molecule has 0 aliphatic heterocycles. The molecule has 0 atom stereocenters. The predicted octanol–water partition coefficient (Wildman–Crippen LogP) is 1.11. The van der Waals surface area contributed by atoms with Gasteiger partial charge in [0.1, 0.15) is 0 Å². The quantitative estimate of drug-likeness (QED) is 0.345. The molecule has 16 heavy (non-hydrogen) atoms. The fourth-order valence-corrected chi connectivity index (χ4v) is 1.10. The smallest absolute Gasteiger partial charge is 0.234 e. The minimum atomic E-state index is -0.761. The summed E-state index contributed by atoms with van der Waals surface area (Å²) in [5.41, 5.74) is 1.94. The molecular formula is C10H12F2N2O2. The van der Waals surface area contributed by atoms with E-state index in [1.54, 1.807) is 0 Å². The number of para-hydroxylation sites is 1. The van der Waals surface area contributed by atoms with Crippen LogP contribution in [0.5, 0.6) is 5.75 Å². The van der Waals surface area contributed by atoms with Gasteiger partial charge in [0.2, 0.25) is 5.91 Å². The molecule has 1 rings (SSSR count). The third-order valence-corrected chi connectivity index (χ3v) is 1.87. The van der Waals surface area contributed by atoms with Gasteiger partial charge in [-0.25, -0.2) is 14.6 Å². The molecule has 0 saturated heterocycles. The summed E-state index contributed by atoms with van der Waals surface area (Å²) in [5.74, 6) is 2.56. The molecule has 0 spiro atoms. The number of carbonyl (C=O) groups is 1. The van der Waals surface area contributed by atoms with E-state index in [4.69, 9.17) is 10.6 Å². The van der Waals surface area contributed by atoms with Gasteiger partial charge in [0.15, 0.2) is 17.4 Å². The van der Waals surface area contributed by atoms with E-state index in [2.05, 4.69) is 0 Å². The van der Waals surface area contributed by atoms with Crippen LogP contribution in [-0.4, -0.2) is 12.5 Å². The van der Waals surface area contributed by atoms with E-state index >= 15 is 0 Å². The highest BCUT2D eigenvalue weighted by molar-refractivity contribution is 5.75. The number of nitrogens with one attached hydrogen (secondary N) is 1. The molecule has 0 aliphatic rings. The highest BCUT2D eigenvalue weighted by atomic mass is 19.1. The molecule has 0 bridgehead atoms. The molecule has 88 valence electrons. The molecule has 0 unspecified atom stereocenters. The van der Waals surface area contributed by atoms with Gasteiger partial charge in [-0.3, -0.25) is 10.2 Å². The molecule has 1 amide bonds. The van der Waals surface area contributed by atoms with Gasteiger partial charge in [-0.2, -0.15) is 0 Å². The second kappa shape index (κ2) is 6.02. The third-order valence-electron chi connectivity index (χ3n) is 1.87. The van der Waals surface area contributed by atoms with Crippen molar-refractivity contribution >= 4 is 5.91 Å². The van der Waals surface area contributed by atoms with Gasteiger partial charge in [-0.05, 0) is 18.6 Å². The molecular weight excluding hydrogens is 218 g/mol. The number of nitrogens with two attached hydrogens (primary N) is 1. The zero-order chi connectivity index (χ0) is 12.0. The summed E-state index contributed by atoms with van der Waals surface area (Å²) in [5, 5.41) is 0. The van der Waals surface area contributed by atoms with Crippen LogP contribution in [0.25, 0.3) is 0 Å². The molecule has 0 fully saturated rings. The van der Waals surface area contributed by atoms with Crippen molar-refractivity contribution in [2.75, 3.05) is 6.61 Å². The summed E-state index contributed by atoms with van der Waals surface area (Å²) < 4.78 is 31.0. The Balaban J connectivity index is 2.40. The van der Waals surface area contributed by atoms with Crippen LogP contribution in [0.3, 0.4) is 0 Å². The standard InChI is InChI=1S/C10H12F2N2O2/c11-7-3-1-4-8(12)10(7)16-6-2-5-9(15)14-13/h1,3-4H,2,5-6,13H2,(H,14,15). The van der Waals surface area contributed by atoms with Crippen LogP contribution in [0.15, 0.2) is 18.2 Å². The van der Waals surface area contributed by atoms with Crippen LogP contribution < -0.4 is 16.0 Å². The Kier molecular flexibility index (Phi) is 4.65. The molecule has 0 aromatic heterocycles. The molecule has 4 nitrogen and oxygen atoms in total. The van der Waals surface area contributed by atoms with Gasteiger partial charge in [0.25, 0.3) is 0 Å². The molecule has 0 aliphatic carbocycles. The summed E-state index contributed by atoms with van der Waals surface area (Å²) >= 11 is 0. The van der Waals surface area contributed by atoms with E-state index in [0.717, 1.165) is 12.1 Å². The van der Waals surface area contributed by atoms with Crippen LogP contribution in [0.1, 0.15) is 12.8 Å². The molecule has 1 aromatic rings. The van der Waals surface area contributed by atoms with E-state index in [1.807, 2.05) is 5.43 Å². The lowest BCUT2D eigenvalue weighted by molar-refractivity contribution is -0.121. The summed E-state index contributed by atoms with van der Waals surface area (Å²) in [6, 6.07) is 3.45. The van der Waals surface area contributed by atoms with Crippen LogP contribution >= 0.6 is 0 Å². The van der Waals surface area contributed by atoms with Crippen molar-refractivity contribution in [2.24, 2.45) is 5.84 Å². The maximum Gasteiger partial charge on any atom is 0.234 e. The van der Waals surface area contributed by atoms with Crippen molar-refractivity contribution in [3.8, 4) is 5.75 Å². The number of hydrogen-bond acceptors (Lipinski definition) is 3. The monoisotopic (exact) mass is 230 g/mol. The Hall–Kier alpha value is -1.69. The Bertz CT molecular complexity index is 352. The molecule has 0 heterocycles. The second-order valence-corrected chi connectivity index (χ2v) is 3.07. The highest BCUT2D eigenvalue weighted by Crippen LogP contribution is 2.20. The van der Waals surface area contributed by atoms with E-state index in [9.17, 15) is 13.6 Å².